The van der Waals surface area contributed by atoms with Gasteiger partial charge in [0.05, 0.1) is 6.04 Å². The lowest BCUT2D eigenvalue weighted by Crippen LogP contribution is -2.52. The molecular formula is C26H28N4O4. The first-order valence-electron chi connectivity index (χ1n) is 11.8. The number of hydrogen-bond donors (Lipinski definition) is 2. The fourth-order valence-corrected chi connectivity index (χ4v) is 5.39. The van der Waals surface area contributed by atoms with Crippen molar-refractivity contribution in [2.24, 2.45) is 5.92 Å². The molecule has 0 saturated carbocycles. The predicted octanol–water partition coefficient (Wildman–Crippen LogP) is 3.23. The molecule has 34 heavy (non-hydrogen) atoms. The van der Waals surface area contributed by atoms with Crippen molar-refractivity contribution in [3.05, 3.63) is 64.7 Å². The lowest BCUT2D eigenvalue weighted by Gasteiger charge is -2.39. The first-order chi connectivity index (χ1) is 16.3. The molecule has 2 N–H and O–H groups in total. The number of amides is 5. The molecule has 1 saturated heterocycles. The molecule has 0 bridgehead atoms. The molecule has 2 atom stereocenters. The van der Waals surface area contributed by atoms with Crippen molar-refractivity contribution < 1.29 is 19.2 Å². The first kappa shape index (κ1) is 22.1. The summed E-state index contributed by atoms with van der Waals surface area (Å²) in [6.45, 7) is 5.16. The van der Waals surface area contributed by atoms with E-state index < -0.39 is 11.9 Å². The molecule has 0 spiro atoms. The Bertz CT molecular complexity index is 1190. The van der Waals surface area contributed by atoms with E-state index in [1.165, 1.54) is 16.0 Å². The van der Waals surface area contributed by atoms with Crippen molar-refractivity contribution in [2.75, 3.05) is 11.9 Å². The van der Waals surface area contributed by atoms with Crippen LogP contribution in [0.3, 0.4) is 0 Å². The highest BCUT2D eigenvalue weighted by molar-refractivity contribution is 6.05. The Morgan fingerprint density at radius 3 is 2.62 bits per heavy atom. The summed E-state index contributed by atoms with van der Waals surface area (Å²) in [5, 5.41) is 5.33. The Morgan fingerprint density at radius 1 is 1.06 bits per heavy atom. The molecule has 2 aromatic carbocycles. The van der Waals surface area contributed by atoms with Crippen LogP contribution in [-0.2, 0) is 22.6 Å². The SMILES string of the molecule is CC(C)C1c2ccccc2CCN1C(=O)Nc1ccc2c(c1)CN(C1CCC(=O)NC1=O)C2=O. The Morgan fingerprint density at radius 2 is 1.85 bits per heavy atom. The van der Waals surface area contributed by atoms with Crippen LogP contribution in [-0.4, -0.2) is 46.1 Å². The van der Waals surface area contributed by atoms with Gasteiger partial charge in [0, 0.05) is 30.8 Å². The van der Waals surface area contributed by atoms with Gasteiger partial charge in [-0.3, -0.25) is 19.7 Å². The first-order valence-corrected chi connectivity index (χ1v) is 11.8. The van der Waals surface area contributed by atoms with Crippen LogP contribution in [0.2, 0.25) is 0 Å². The maximum absolute atomic E-state index is 13.3. The van der Waals surface area contributed by atoms with Gasteiger partial charge in [-0.15, -0.1) is 0 Å². The van der Waals surface area contributed by atoms with Crippen LogP contribution >= 0.6 is 0 Å². The molecule has 0 aliphatic carbocycles. The van der Waals surface area contributed by atoms with Crippen molar-refractivity contribution >= 4 is 29.4 Å². The number of imide groups is 1. The largest absolute Gasteiger partial charge is 0.322 e. The Labute approximate surface area is 198 Å². The van der Waals surface area contributed by atoms with Crippen LogP contribution < -0.4 is 10.6 Å². The molecule has 176 valence electrons. The average molecular weight is 461 g/mol. The number of anilines is 1. The molecule has 3 aliphatic heterocycles. The van der Waals surface area contributed by atoms with Crippen LogP contribution in [0.4, 0.5) is 10.5 Å². The lowest BCUT2D eigenvalue weighted by molar-refractivity contribution is -0.136. The molecule has 8 nitrogen and oxygen atoms in total. The molecule has 5 amide bonds. The quantitative estimate of drug-likeness (QED) is 0.687. The number of nitrogens with zero attached hydrogens (tertiary/aromatic N) is 2. The van der Waals surface area contributed by atoms with Crippen LogP contribution in [0.25, 0.3) is 0 Å². The van der Waals surface area contributed by atoms with E-state index in [0.29, 0.717) is 24.2 Å². The predicted molar refractivity (Wildman–Crippen MR) is 126 cm³/mol. The van der Waals surface area contributed by atoms with E-state index in [2.05, 4.69) is 36.6 Å². The fraction of sp³-hybridized carbons (Fsp3) is 0.385. The normalized spacial score (nSPS) is 21.9. The van der Waals surface area contributed by atoms with E-state index in [1.54, 1.807) is 18.2 Å². The fourth-order valence-electron chi connectivity index (χ4n) is 5.39. The molecule has 2 aromatic rings. The Balaban J connectivity index is 1.33. The van der Waals surface area contributed by atoms with Gasteiger partial charge in [-0.05, 0) is 53.6 Å². The van der Waals surface area contributed by atoms with Crippen LogP contribution in [0.1, 0.15) is 59.8 Å². The lowest BCUT2D eigenvalue weighted by atomic mass is 9.86. The van der Waals surface area contributed by atoms with Crippen LogP contribution in [0.15, 0.2) is 42.5 Å². The van der Waals surface area contributed by atoms with Gasteiger partial charge < -0.3 is 15.1 Å². The summed E-state index contributed by atoms with van der Waals surface area (Å²) >= 11 is 0. The highest BCUT2D eigenvalue weighted by Gasteiger charge is 2.39. The average Bonchev–Trinajstić information content (AvgIpc) is 3.13. The maximum atomic E-state index is 13.3. The van der Waals surface area contributed by atoms with E-state index in [-0.39, 0.29) is 42.8 Å². The van der Waals surface area contributed by atoms with Gasteiger partial charge in [0.2, 0.25) is 11.8 Å². The topological polar surface area (TPSA) is 98.8 Å². The highest BCUT2D eigenvalue weighted by atomic mass is 16.2. The van der Waals surface area contributed by atoms with Gasteiger partial charge in [0.1, 0.15) is 6.04 Å². The number of nitrogens with one attached hydrogen (secondary N) is 2. The molecular weight excluding hydrogens is 432 g/mol. The van der Waals surface area contributed by atoms with E-state index in [1.807, 2.05) is 17.0 Å². The third-order valence-corrected chi connectivity index (χ3v) is 7.00. The second-order valence-corrected chi connectivity index (χ2v) is 9.53. The summed E-state index contributed by atoms with van der Waals surface area (Å²) in [6.07, 6.45) is 1.35. The summed E-state index contributed by atoms with van der Waals surface area (Å²) in [6, 6.07) is 12.7. The second-order valence-electron chi connectivity index (χ2n) is 9.53. The van der Waals surface area contributed by atoms with Crippen LogP contribution in [0.5, 0.6) is 0 Å². The van der Waals surface area contributed by atoms with Crippen molar-refractivity contribution in [3.8, 4) is 0 Å². The smallest absolute Gasteiger partial charge is 0.322 e. The van der Waals surface area contributed by atoms with Crippen molar-refractivity contribution in [1.82, 2.24) is 15.1 Å². The number of piperidine rings is 1. The minimum atomic E-state index is -0.657. The molecule has 0 radical (unpaired) electrons. The number of rotatable bonds is 3. The zero-order valence-electron chi connectivity index (χ0n) is 19.3. The van der Waals surface area contributed by atoms with Crippen molar-refractivity contribution in [2.45, 2.75) is 51.7 Å². The summed E-state index contributed by atoms with van der Waals surface area (Å²) in [5.41, 5.74) is 4.38. The zero-order chi connectivity index (χ0) is 24.0. The second kappa shape index (κ2) is 8.59. The highest BCUT2D eigenvalue weighted by Crippen LogP contribution is 2.36. The molecule has 1 fully saturated rings. The van der Waals surface area contributed by atoms with Crippen molar-refractivity contribution in [3.63, 3.8) is 0 Å². The van der Waals surface area contributed by atoms with Gasteiger partial charge >= 0.3 is 6.03 Å². The molecule has 8 heteroatoms. The number of carbonyl (C=O) groups excluding carboxylic acids is 4. The molecule has 0 aromatic heterocycles. The summed E-state index contributed by atoms with van der Waals surface area (Å²) in [7, 11) is 0. The van der Waals surface area contributed by atoms with Gasteiger partial charge in [-0.25, -0.2) is 4.79 Å². The number of carbonyl (C=O) groups is 4. The third kappa shape index (κ3) is 3.83. The maximum Gasteiger partial charge on any atom is 0.322 e. The number of urea groups is 1. The van der Waals surface area contributed by atoms with Gasteiger partial charge in [0.25, 0.3) is 5.91 Å². The molecule has 2 unspecified atom stereocenters. The summed E-state index contributed by atoms with van der Waals surface area (Å²) in [4.78, 5) is 53.3. The van der Waals surface area contributed by atoms with E-state index >= 15 is 0 Å². The standard InChI is InChI=1S/C26H28N4O4/c1-15(2)23-19-6-4-3-5-16(19)11-12-29(23)26(34)27-18-7-8-20-17(13-18)14-30(25(20)33)21-9-10-22(31)28-24(21)32/h3-8,13,15,21,23H,9-12,14H2,1-2H3,(H,27,34)(H,28,31,32). The van der Waals surface area contributed by atoms with E-state index in [9.17, 15) is 19.2 Å². The van der Waals surface area contributed by atoms with Gasteiger partial charge in [0.15, 0.2) is 0 Å². The Kier molecular flexibility index (Phi) is 5.59. The minimum Gasteiger partial charge on any atom is -0.322 e. The summed E-state index contributed by atoms with van der Waals surface area (Å²) < 4.78 is 0. The Hall–Kier alpha value is -3.68. The van der Waals surface area contributed by atoms with Crippen molar-refractivity contribution in [1.29, 1.82) is 0 Å². The number of benzene rings is 2. The summed E-state index contributed by atoms with van der Waals surface area (Å²) in [5.74, 6) is -0.715. The van der Waals surface area contributed by atoms with Gasteiger partial charge in [-0.1, -0.05) is 38.1 Å². The zero-order valence-corrected chi connectivity index (χ0v) is 19.3. The van der Waals surface area contributed by atoms with Crippen LogP contribution in [0, 0.1) is 5.92 Å². The van der Waals surface area contributed by atoms with E-state index in [4.69, 9.17) is 0 Å². The molecule has 3 aliphatic rings. The molecule has 3 heterocycles. The monoisotopic (exact) mass is 460 g/mol. The van der Waals surface area contributed by atoms with E-state index in [0.717, 1.165) is 12.0 Å². The molecule has 5 rings (SSSR count). The third-order valence-electron chi connectivity index (χ3n) is 7.00. The number of hydrogen-bond acceptors (Lipinski definition) is 4. The number of fused-ring (bicyclic) bond motifs is 2. The minimum absolute atomic E-state index is 0.0102. The van der Waals surface area contributed by atoms with Gasteiger partial charge in [-0.2, -0.15) is 0 Å².